The molecule has 1 aliphatic rings. The zero-order chi connectivity index (χ0) is 12.8. The largest absolute Gasteiger partial charge is 0.328 e. The standard InChI is InChI=1S/C13H21N3O2/c17-12-6-8-16(13(18)15-12)9-7-14-10-11-4-2-1-3-5-11/h6,8,11,14H,1-5,7,9-10H2,(H,15,17,18). The molecule has 0 aliphatic heterocycles. The molecule has 0 amide bonds. The molecule has 0 atom stereocenters. The second-order valence-electron chi connectivity index (χ2n) is 5.01. The van der Waals surface area contributed by atoms with E-state index in [2.05, 4.69) is 10.3 Å². The summed E-state index contributed by atoms with van der Waals surface area (Å²) in [6, 6.07) is 1.38. The van der Waals surface area contributed by atoms with Crippen LogP contribution in [0.5, 0.6) is 0 Å². The molecule has 18 heavy (non-hydrogen) atoms. The lowest BCUT2D eigenvalue weighted by Gasteiger charge is -2.21. The first kappa shape index (κ1) is 13.1. The third-order valence-corrected chi connectivity index (χ3v) is 3.58. The molecule has 0 bridgehead atoms. The highest BCUT2D eigenvalue weighted by molar-refractivity contribution is 4.82. The van der Waals surface area contributed by atoms with Gasteiger partial charge in [-0.05, 0) is 25.3 Å². The molecule has 1 aliphatic carbocycles. The molecule has 1 saturated carbocycles. The number of aromatic nitrogens is 2. The van der Waals surface area contributed by atoms with E-state index < -0.39 is 0 Å². The second-order valence-corrected chi connectivity index (χ2v) is 5.01. The minimum absolute atomic E-state index is 0.332. The van der Waals surface area contributed by atoms with Crippen molar-refractivity contribution in [2.75, 3.05) is 13.1 Å². The highest BCUT2D eigenvalue weighted by Crippen LogP contribution is 2.22. The van der Waals surface area contributed by atoms with E-state index >= 15 is 0 Å². The molecule has 5 heteroatoms. The Balaban J connectivity index is 1.71. The molecule has 1 aromatic rings. The maximum absolute atomic E-state index is 11.4. The molecule has 2 N–H and O–H groups in total. The van der Waals surface area contributed by atoms with E-state index in [0.29, 0.717) is 6.54 Å². The average Bonchev–Trinajstić information content (AvgIpc) is 2.38. The monoisotopic (exact) mass is 251 g/mol. The lowest BCUT2D eigenvalue weighted by atomic mass is 9.89. The molecule has 0 spiro atoms. The van der Waals surface area contributed by atoms with Crippen LogP contribution in [0.3, 0.4) is 0 Å². The van der Waals surface area contributed by atoms with E-state index in [9.17, 15) is 9.59 Å². The second kappa shape index (κ2) is 6.54. The number of aromatic amines is 1. The van der Waals surface area contributed by atoms with Crippen LogP contribution in [0.15, 0.2) is 21.9 Å². The fourth-order valence-electron chi connectivity index (χ4n) is 2.52. The highest BCUT2D eigenvalue weighted by Gasteiger charge is 2.12. The van der Waals surface area contributed by atoms with Crippen LogP contribution in [-0.2, 0) is 6.54 Å². The molecule has 2 rings (SSSR count). The Bertz CT molecular complexity index is 472. The van der Waals surface area contributed by atoms with Crippen LogP contribution in [-0.4, -0.2) is 22.6 Å². The van der Waals surface area contributed by atoms with Crippen molar-refractivity contribution in [3.8, 4) is 0 Å². The van der Waals surface area contributed by atoms with Crippen LogP contribution in [0.1, 0.15) is 32.1 Å². The van der Waals surface area contributed by atoms with E-state index in [-0.39, 0.29) is 11.2 Å². The lowest BCUT2D eigenvalue weighted by molar-refractivity contribution is 0.340. The molecule has 5 nitrogen and oxygen atoms in total. The summed E-state index contributed by atoms with van der Waals surface area (Å²) in [7, 11) is 0. The van der Waals surface area contributed by atoms with Crippen LogP contribution >= 0.6 is 0 Å². The molecule has 1 heterocycles. The molecular weight excluding hydrogens is 230 g/mol. The van der Waals surface area contributed by atoms with Gasteiger partial charge in [-0.3, -0.25) is 14.3 Å². The molecule has 0 radical (unpaired) electrons. The van der Waals surface area contributed by atoms with Gasteiger partial charge in [-0.2, -0.15) is 0 Å². The van der Waals surface area contributed by atoms with Gasteiger partial charge in [-0.15, -0.1) is 0 Å². The van der Waals surface area contributed by atoms with Crippen LogP contribution < -0.4 is 16.6 Å². The van der Waals surface area contributed by atoms with Gasteiger partial charge in [0.1, 0.15) is 0 Å². The predicted molar refractivity (Wildman–Crippen MR) is 70.8 cm³/mol. The Morgan fingerprint density at radius 1 is 1.28 bits per heavy atom. The first-order chi connectivity index (χ1) is 8.75. The number of nitrogens with one attached hydrogen (secondary N) is 2. The van der Waals surface area contributed by atoms with Crippen molar-refractivity contribution >= 4 is 0 Å². The van der Waals surface area contributed by atoms with Crippen molar-refractivity contribution in [1.82, 2.24) is 14.9 Å². The average molecular weight is 251 g/mol. The quantitative estimate of drug-likeness (QED) is 0.757. The first-order valence-electron chi connectivity index (χ1n) is 6.76. The van der Waals surface area contributed by atoms with Crippen LogP contribution in [0, 0.1) is 5.92 Å². The summed E-state index contributed by atoms with van der Waals surface area (Å²) in [5, 5.41) is 3.39. The van der Waals surface area contributed by atoms with E-state index in [0.717, 1.165) is 19.0 Å². The Hall–Kier alpha value is -1.36. The van der Waals surface area contributed by atoms with Crippen molar-refractivity contribution in [2.24, 2.45) is 5.92 Å². The number of hydrogen-bond acceptors (Lipinski definition) is 3. The van der Waals surface area contributed by atoms with Crippen LogP contribution in [0.25, 0.3) is 0 Å². The van der Waals surface area contributed by atoms with Crippen LogP contribution in [0.4, 0.5) is 0 Å². The SMILES string of the molecule is O=c1ccn(CCNCC2CCCCC2)c(=O)[nH]1. The molecule has 1 aromatic heterocycles. The third kappa shape index (κ3) is 3.84. The molecule has 0 saturated heterocycles. The van der Waals surface area contributed by atoms with E-state index in [1.807, 2.05) is 0 Å². The molecule has 0 aromatic carbocycles. The van der Waals surface area contributed by atoms with Gasteiger partial charge < -0.3 is 5.32 Å². The lowest BCUT2D eigenvalue weighted by Crippen LogP contribution is -2.33. The summed E-state index contributed by atoms with van der Waals surface area (Å²) < 4.78 is 1.52. The minimum Gasteiger partial charge on any atom is -0.315 e. The minimum atomic E-state index is -0.341. The van der Waals surface area contributed by atoms with Gasteiger partial charge in [0.2, 0.25) is 0 Å². The zero-order valence-electron chi connectivity index (χ0n) is 10.7. The van der Waals surface area contributed by atoms with Gasteiger partial charge in [0.15, 0.2) is 0 Å². The fourth-order valence-corrected chi connectivity index (χ4v) is 2.52. The van der Waals surface area contributed by atoms with Gasteiger partial charge >= 0.3 is 5.69 Å². The van der Waals surface area contributed by atoms with Gasteiger partial charge in [-0.25, -0.2) is 4.79 Å². The van der Waals surface area contributed by atoms with Crippen molar-refractivity contribution < 1.29 is 0 Å². The molecule has 1 fully saturated rings. The Morgan fingerprint density at radius 2 is 2.06 bits per heavy atom. The van der Waals surface area contributed by atoms with Crippen molar-refractivity contribution in [2.45, 2.75) is 38.6 Å². The predicted octanol–water partition coefficient (Wildman–Crippen LogP) is 0.706. The summed E-state index contributed by atoms with van der Waals surface area (Å²) >= 11 is 0. The topological polar surface area (TPSA) is 66.9 Å². The highest BCUT2D eigenvalue weighted by atomic mass is 16.2. The fraction of sp³-hybridized carbons (Fsp3) is 0.692. The number of nitrogens with zero attached hydrogens (tertiary/aromatic N) is 1. The van der Waals surface area contributed by atoms with Crippen molar-refractivity contribution in [3.05, 3.63) is 33.1 Å². The maximum Gasteiger partial charge on any atom is 0.328 e. The third-order valence-electron chi connectivity index (χ3n) is 3.58. The van der Waals surface area contributed by atoms with Gasteiger partial charge in [0, 0.05) is 25.4 Å². The maximum atomic E-state index is 11.4. The van der Waals surface area contributed by atoms with Gasteiger partial charge in [0.05, 0.1) is 0 Å². The Morgan fingerprint density at radius 3 is 2.78 bits per heavy atom. The van der Waals surface area contributed by atoms with Crippen molar-refractivity contribution in [1.29, 1.82) is 0 Å². The smallest absolute Gasteiger partial charge is 0.315 e. The Kier molecular flexibility index (Phi) is 4.75. The zero-order valence-corrected chi connectivity index (χ0v) is 10.7. The first-order valence-corrected chi connectivity index (χ1v) is 6.76. The number of rotatable bonds is 5. The number of H-pyrrole nitrogens is 1. The molecule has 100 valence electrons. The van der Waals surface area contributed by atoms with E-state index in [4.69, 9.17) is 0 Å². The van der Waals surface area contributed by atoms with E-state index in [1.54, 1.807) is 6.20 Å². The summed E-state index contributed by atoms with van der Waals surface area (Å²) in [6.07, 6.45) is 8.28. The summed E-state index contributed by atoms with van der Waals surface area (Å²) in [5.74, 6) is 0.797. The summed E-state index contributed by atoms with van der Waals surface area (Å²) in [4.78, 5) is 24.6. The van der Waals surface area contributed by atoms with Gasteiger partial charge in [-0.1, -0.05) is 19.3 Å². The van der Waals surface area contributed by atoms with E-state index in [1.165, 1.54) is 42.7 Å². The summed E-state index contributed by atoms with van der Waals surface area (Å²) in [6.45, 7) is 2.41. The summed E-state index contributed by atoms with van der Waals surface area (Å²) in [5.41, 5.74) is -0.673. The number of hydrogen-bond donors (Lipinski definition) is 2. The van der Waals surface area contributed by atoms with Crippen molar-refractivity contribution in [3.63, 3.8) is 0 Å². The Labute approximate surface area is 106 Å². The van der Waals surface area contributed by atoms with Gasteiger partial charge in [0.25, 0.3) is 5.56 Å². The van der Waals surface area contributed by atoms with Crippen LogP contribution in [0.2, 0.25) is 0 Å². The normalized spacial score (nSPS) is 16.9. The molecular formula is C13H21N3O2. The molecule has 0 unspecified atom stereocenters.